The Balaban J connectivity index is 2.47. The Bertz CT molecular complexity index is 862. The monoisotopic (exact) mass is 374 g/mol. The van der Waals surface area contributed by atoms with Gasteiger partial charge in [-0.3, -0.25) is 4.79 Å². The largest absolute Gasteiger partial charge is 0.497 e. The first-order chi connectivity index (χ1) is 10.7. The van der Waals surface area contributed by atoms with E-state index >= 15 is 0 Å². The molecule has 0 saturated carbocycles. The van der Waals surface area contributed by atoms with Crippen LogP contribution >= 0.6 is 23.2 Å². The van der Waals surface area contributed by atoms with E-state index < -0.39 is 10.1 Å². The van der Waals surface area contributed by atoms with Gasteiger partial charge in [-0.1, -0.05) is 23.2 Å². The van der Waals surface area contributed by atoms with Crippen LogP contribution in [-0.2, 0) is 10.1 Å². The number of methoxy groups -OCH3 is 1. The van der Waals surface area contributed by atoms with Crippen molar-refractivity contribution in [2.45, 2.75) is 11.8 Å². The van der Waals surface area contributed by atoms with E-state index in [0.29, 0.717) is 5.75 Å². The Morgan fingerprint density at radius 3 is 2.30 bits per heavy atom. The molecule has 0 radical (unpaired) electrons. The van der Waals surface area contributed by atoms with E-state index in [0.717, 1.165) is 0 Å². The number of ether oxygens (including phenoxy) is 1. The van der Waals surface area contributed by atoms with Gasteiger partial charge in [0.25, 0.3) is 0 Å². The second-order valence-electron chi connectivity index (χ2n) is 4.53. The number of carbonyl (C=O) groups excluding carboxylic acids is 1. The van der Waals surface area contributed by atoms with Crippen LogP contribution < -0.4 is 8.92 Å². The summed E-state index contributed by atoms with van der Waals surface area (Å²) < 4.78 is 34.8. The summed E-state index contributed by atoms with van der Waals surface area (Å²) >= 11 is 11.6. The van der Waals surface area contributed by atoms with Gasteiger partial charge in [0.15, 0.2) is 11.5 Å². The maximum atomic E-state index is 12.4. The summed E-state index contributed by atoms with van der Waals surface area (Å²) in [7, 11) is -2.77. The van der Waals surface area contributed by atoms with Gasteiger partial charge < -0.3 is 8.92 Å². The van der Waals surface area contributed by atoms with Gasteiger partial charge in [-0.05, 0) is 37.3 Å². The van der Waals surface area contributed by atoms with Crippen molar-refractivity contribution in [2.24, 2.45) is 0 Å². The van der Waals surface area contributed by atoms with Gasteiger partial charge in [-0.15, -0.1) is 0 Å². The van der Waals surface area contributed by atoms with Crippen molar-refractivity contribution in [3.05, 3.63) is 52.0 Å². The van der Waals surface area contributed by atoms with Gasteiger partial charge in [0.05, 0.1) is 22.7 Å². The van der Waals surface area contributed by atoms with E-state index in [4.69, 9.17) is 32.1 Å². The zero-order chi connectivity index (χ0) is 17.2. The van der Waals surface area contributed by atoms with Crippen molar-refractivity contribution < 1.29 is 22.1 Å². The number of rotatable bonds is 5. The van der Waals surface area contributed by atoms with E-state index in [-0.39, 0.29) is 32.0 Å². The molecule has 2 aromatic carbocycles. The summed E-state index contributed by atoms with van der Waals surface area (Å²) in [4.78, 5) is 11.5. The lowest BCUT2D eigenvalue weighted by Crippen LogP contribution is -2.12. The smallest absolute Gasteiger partial charge is 0.339 e. The van der Waals surface area contributed by atoms with E-state index in [1.807, 2.05) is 0 Å². The van der Waals surface area contributed by atoms with Crippen LogP contribution in [-0.4, -0.2) is 21.3 Å². The third-order valence-corrected chi connectivity index (χ3v) is 4.92. The molecular formula is C15H12Cl2O5S. The highest BCUT2D eigenvalue weighted by molar-refractivity contribution is 7.87. The molecule has 8 heteroatoms. The number of carbonyl (C=O) groups is 1. The molecule has 0 unspecified atom stereocenters. The summed E-state index contributed by atoms with van der Waals surface area (Å²) in [6, 6.07) is 8.07. The minimum absolute atomic E-state index is 0.0776. The molecule has 0 aliphatic heterocycles. The fourth-order valence-corrected chi connectivity index (χ4v) is 3.12. The fraction of sp³-hybridized carbons (Fsp3) is 0.133. The quantitative estimate of drug-likeness (QED) is 0.584. The zero-order valence-corrected chi connectivity index (χ0v) is 14.5. The maximum Gasteiger partial charge on any atom is 0.339 e. The Kier molecular flexibility index (Phi) is 5.19. The second kappa shape index (κ2) is 6.78. The minimum Gasteiger partial charge on any atom is -0.497 e. The normalized spacial score (nSPS) is 11.1. The molecule has 122 valence electrons. The maximum absolute atomic E-state index is 12.4. The first kappa shape index (κ1) is 17.6. The van der Waals surface area contributed by atoms with Gasteiger partial charge in [0, 0.05) is 6.07 Å². The summed E-state index contributed by atoms with van der Waals surface area (Å²) in [5.74, 6) is -0.107. The Hall–Kier alpha value is -1.76. The van der Waals surface area contributed by atoms with Crippen LogP contribution in [0, 0.1) is 0 Å². The molecular weight excluding hydrogens is 363 g/mol. The highest BCUT2D eigenvalue weighted by atomic mass is 35.5. The van der Waals surface area contributed by atoms with Gasteiger partial charge in [0.1, 0.15) is 10.6 Å². The lowest BCUT2D eigenvalue weighted by molar-refractivity contribution is 0.101. The van der Waals surface area contributed by atoms with Crippen LogP contribution in [0.5, 0.6) is 11.5 Å². The minimum atomic E-state index is -4.18. The van der Waals surface area contributed by atoms with Gasteiger partial charge in [-0.25, -0.2) is 0 Å². The van der Waals surface area contributed by atoms with Crippen LogP contribution in [0.15, 0.2) is 41.3 Å². The van der Waals surface area contributed by atoms with Crippen molar-refractivity contribution in [1.82, 2.24) is 0 Å². The molecule has 0 saturated heterocycles. The highest BCUT2D eigenvalue weighted by Crippen LogP contribution is 2.30. The molecule has 2 rings (SSSR count). The average Bonchev–Trinajstić information content (AvgIpc) is 2.49. The van der Waals surface area contributed by atoms with Crippen LogP contribution in [0.1, 0.15) is 17.3 Å². The molecule has 0 bridgehead atoms. The highest BCUT2D eigenvalue weighted by Gasteiger charge is 2.21. The predicted octanol–water partition coefficient (Wildman–Crippen LogP) is 3.97. The number of halogens is 2. The second-order valence-corrected chi connectivity index (χ2v) is 6.89. The van der Waals surface area contributed by atoms with E-state index in [1.165, 1.54) is 50.4 Å². The van der Waals surface area contributed by atoms with Crippen molar-refractivity contribution in [2.75, 3.05) is 7.11 Å². The van der Waals surface area contributed by atoms with Crippen molar-refractivity contribution >= 4 is 39.1 Å². The van der Waals surface area contributed by atoms with Crippen LogP contribution in [0.25, 0.3) is 0 Å². The molecule has 5 nitrogen and oxygen atoms in total. The van der Waals surface area contributed by atoms with Crippen LogP contribution in [0.2, 0.25) is 10.0 Å². The van der Waals surface area contributed by atoms with E-state index in [9.17, 15) is 13.2 Å². The zero-order valence-electron chi connectivity index (χ0n) is 12.2. The molecule has 0 aliphatic carbocycles. The van der Waals surface area contributed by atoms with Gasteiger partial charge >= 0.3 is 10.1 Å². The Morgan fingerprint density at radius 1 is 1.04 bits per heavy atom. The fourth-order valence-electron chi connectivity index (χ4n) is 1.79. The van der Waals surface area contributed by atoms with Crippen molar-refractivity contribution in [3.63, 3.8) is 0 Å². The van der Waals surface area contributed by atoms with Gasteiger partial charge in [-0.2, -0.15) is 8.42 Å². The van der Waals surface area contributed by atoms with Gasteiger partial charge in [0.2, 0.25) is 0 Å². The molecule has 2 aromatic rings. The van der Waals surface area contributed by atoms with Crippen molar-refractivity contribution in [1.29, 1.82) is 0 Å². The lowest BCUT2D eigenvalue weighted by atomic mass is 10.1. The number of Topliss-reactive ketones (excluding diaryl/α,β-unsaturated/α-hetero) is 1. The molecule has 0 fully saturated rings. The molecule has 0 N–H and O–H groups in total. The summed E-state index contributed by atoms with van der Waals surface area (Å²) in [6.07, 6.45) is 0. The number of benzene rings is 2. The summed E-state index contributed by atoms with van der Waals surface area (Å²) in [5.41, 5.74) is 0.120. The predicted molar refractivity (Wildman–Crippen MR) is 87.3 cm³/mol. The Labute approximate surface area is 143 Å². The number of ketones is 1. The molecule has 0 heterocycles. The summed E-state index contributed by atoms with van der Waals surface area (Å²) in [5, 5.41) is 0.296. The Morgan fingerprint density at radius 2 is 1.74 bits per heavy atom. The van der Waals surface area contributed by atoms with Crippen LogP contribution in [0.4, 0.5) is 0 Å². The standard InChI is InChI=1S/C15H12Cl2O5S/c1-9(18)12-5-3-10(21-2)7-15(12)22-23(19,20)11-4-6-13(16)14(17)8-11/h3-8H,1-2H3. The van der Waals surface area contributed by atoms with E-state index in [1.54, 1.807) is 0 Å². The average molecular weight is 375 g/mol. The third-order valence-electron chi connectivity index (χ3n) is 2.95. The first-order valence-electron chi connectivity index (χ1n) is 6.33. The molecule has 0 aromatic heterocycles. The van der Waals surface area contributed by atoms with Crippen molar-refractivity contribution in [3.8, 4) is 11.5 Å². The molecule has 0 aliphatic rings. The molecule has 0 atom stereocenters. The van der Waals surface area contributed by atoms with E-state index in [2.05, 4.69) is 0 Å². The lowest BCUT2D eigenvalue weighted by Gasteiger charge is -2.12. The number of hydrogen-bond acceptors (Lipinski definition) is 5. The first-order valence-corrected chi connectivity index (χ1v) is 8.49. The summed E-state index contributed by atoms with van der Waals surface area (Å²) in [6.45, 7) is 1.31. The molecule has 23 heavy (non-hydrogen) atoms. The topological polar surface area (TPSA) is 69.7 Å². The molecule has 0 amide bonds. The van der Waals surface area contributed by atoms with Crippen LogP contribution in [0.3, 0.4) is 0 Å². The SMILES string of the molecule is COc1ccc(C(C)=O)c(OS(=O)(=O)c2ccc(Cl)c(Cl)c2)c1. The molecule has 0 spiro atoms. The third kappa shape index (κ3) is 3.96. The number of hydrogen-bond donors (Lipinski definition) is 0.